The first-order valence-electron chi connectivity index (χ1n) is 9.42. The lowest BCUT2D eigenvalue weighted by molar-refractivity contribution is -0.0875. The average molecular weight is 372 g/mol. The highest BCUT2D eigenvalue weighted by molar-refractivity contribution is 7.13. The molecular formula is C19H24N4O2S. The second kappa shape index (κ2) is 7.80. The summed E-state index contributed by atoms with van der Waals surface area (Å²) in [4.78, 5) is 27.9. The van der Waals surface area contributed by atoms with Gasteiger partial charge in [0, 0.05) is 30.9 Å². The molecule has 4 rings (SSSR count). The molecule has 1 aliphatic carbocycles. The van der Waals surface area contributed by atoms with Gasteiger partial charge in [-0.2, -0.15) is 0 Å². The van der Waals surface area contributed by atoms with Gasteiger partial charge in [0.2, 0.25) is 0 Å². The van der Waals surface area contributed by atoms with Gasteiger partial charge in [-0.1, -0.05) is 19.8 Å². The van der Waals surface area contributed by atoms with Gasteiger partial charge in [0.25, 0.3) is 5.91 Å². The van der Waals surface area contributed by atoms with Crippen LogP contribution in [0.3, 0.4) is 0 Å². The standard InChI is InChI=1S/C19H24N4O2S/c1-2-3-5-14-10-23(11-16(25-14)13-6-7-13)19(24)15-12-26-18(22-15)17-20-8-4-9-21-17/h4,8-9,12-14,16H,2-3,5-7,10-11H2,1H3/t14-,16-/m1/s1. The fourth-order valence-corrected chi connectivity index (χ4v) is 4.14. The number of nitrogens with zero attached hydrogens (tertiary/aromatic N) is 4. The molecule has 0 aromatic carbocycles. The number of amides is 1. The molecule has 0 N–H and O–H groups in total. The average Bonchev–Trinajstić information content (AvgIpc) is 3.43. The predicted octanol–water partition coefficient (Wildman–Crippen LogP) is 3.41. The highest BCUT2D eigenvalue weighted by Crippen LogP contribution is 2.37. The summed E-state index contributed by atoms with van der Waals surface area (Å²) in [6, 6.07) is 1.77. The summed E-state index contributed by atoms with van der Waals surface area (Å²) in [5.41, 5.74) is 0.489. The summed E-state index contributed by atoms with van der Waals surface area (Å²) in [6.07, 6.45) is 9.45. The number of hydrogen-bond acceptors (Lipinski definition) is 6. The first-order chi connectivity index (χ1) is 12.7. The number of morpholine rings is 1. The minimum atomic E-state index is -0.00104. The second-order valence-corrected chi connectivity index (χ2v) is 7.95. The van der Waals surface area contributed by atoms with Gasteiger partial charge in [-0.05, 0) is 31.2 Å². The Bertz CT molecular complexity index is 747. The normalized spacial score (nSPS) is 23.2. The molecule has 1 saturated carbocycles. The van der Waals surface area contributed by atoms with Gasteiger partial charge in [-0.25, -0.2) is 15.0 Å². The number of carbonyl (C=O) groups excluding carboxylic acids is 1. The van der Waals surface area contributed by atoms with E-state index in [-0.39, 0.29) is 18.1 Å². The Hall–Kier alpha value is -1.86. The van der Waals surface area contributed by atoms with Gasteiger partial charge in [-0.3, -0.25) is 4.79 Å². The molecule has 0 spiro atoms. The number of carbonyl (C=O) groups is 1. The molecule has 1 amide bonds. The maximum atomic E-state index is 13.0. The maximum Gasteiger partial charge on any atom is 0.273 e. The van der Waals surface area contributed by atoms with E-state index in [1.165, 1.54) is 24.2 Å². The molecule has 26 heavy (non-hydrogen) atoms. The van der Waals surface area contributed by atoms with Crippen molar-refractivity contribution in [3.8, 4) is 10.8 Å². The third-order valence-corrected chi connectivity index (χ3v) is 5.82. The van der Waals surface area contributed by atoms with Crippen LogP contribution in [0.4, 0.5) is 0 Å². The molecule has 0 unspecified atom stereocenters. The number of ether oxygens (including phenoxy) is 1. The van der Waals surface area contributed by atoms with Crippen molar-refractivity contribution in [2.24, 2.45) is 5.92 Å². The third kappa shape index (κ3) is 3.94. The van der Waals surface area contributed by atoms with E-state index >= 15 is 0 Å². The minimum Gasteiger partial charge on any atom is -0.371 e. The Morgan fingerprint density at radius 2 is 2.12 bits per heavy atom. The van der Waals surface area contributed by atoms with E-state index in [1.54, 1.807) is 18.5 Å². The van der Waals surface area contributed by atoms with Crippen molar-refractivity contribution in [1.82, 2.24) is 19.9 Å². The van der Waals surface area contributed by atoms with Gasteiger partial charge in [0.1, 0.15) is 5.69 Å². The Morgan fingerprint density at radius 3 is 2.85 bits per heavy atom. The van der Waals surface area contributed by atoms with E-state index in [9.17, 15) is 4.79 Å². The van der Waals surface area contributed by atoms with Crippen molar-refractivity contribution in [2.75, 3.05) is 13.1 Å². The zero-order valence-corrected chi connectivity index (χ0v) is 15.8. The summed E-state index contributed by atoms with van der Waals surface area (Å²) < 4.78 is 6.27. The van der Waals surface area contributed by atoms with Crippen molar-refractivity contribution in [3.63, 3.8) is 0 Å². The molecule has 3 heterocycles. The smallest absolute Gasteiger partial charge is 0.273 e. The molecule has 138 valence electrons. The van der Waals surface area contributed by atoms with Crippen molar-refractivity contribution < 1.29 is 9.53 Å². The lowest BCUT2D eigenvalue weighted by Crippen LogP contribution is -2.50. The molecule has 1 aliphatic heterocycles. The predicted molar refractivity (Wildman–Crippen MR) is 100.0 cm³/mol. The highest BCUT2D eigenvalue weighted by Gasteiger charge is 2.40. The lowest BCUT2D eigenvalue weighted by atomic mass is 10.1. The third-order valence-electron chi connectivity index (χ3n) is 4.99. The fraction of sp³-hybridized carbons (Fsp3) is 0.579. The molecule has 2 aromatic rings. The Labute approximate surface area is 157 Å². The maximum absolute atomic E-state index is 13.0. The number of rotatable bonds is 6. The molecule has 6 nitrogen and oxygen atoms in total. The first-order valence-corrected chi connectivity index (χ1v) is 10.3. The largest absolute Gasteiger partial charge is 0.371 e. The monoisotopic (exact) mass is 372 g/mol. The zero-order valence-electron chi connectivity index (χ0n) is 15.0. The molecule has 2 atom stereocenters. The molecule has 2 aliphatic rings. The van der Waals surface area contributed by atoms with Gasteiger partial charge in [-0.15, -0.1) is 11.3 Å². The molecular weight excluding hydrogens is 348 g/mol. The first kappa shape index (κ1) is 17.5. The molecule has 1 saturated heterocycles. The number of unbranched alkanes of at least 4 members (excludes halogenated alkanes) is 1. The van der Waals surface area contributed by atoms with Gasteiger partial charge >= 0.3 is 0 Å². The molecule has 0 radical (unpaired) electrons. The van der Waals surface area contributed by atoms with Crippen molar-refractivity contribution in [2.45, 2.75) is 51.2 Å². The molecule has 2 fully saturated rings. The van der Waals surface area contributed by atoms with Crippen LogP contribution in [-0.4, -0.2) is 51.1 Å². The molecule has 2 aromatic heterocycles. The molecule has 0 bridgehead atoms. The van der Waals surface area contributed by atoms with Crippen LogP contribution >= 0.6 is 11.3 Å². The number of hydrogen-bond donors (Lipinski definition) is 0. The number of aromatic nitrogens is 3. The van der Waals surface area contributed by atoms with Crippen molar-refractivity contribution in [3.05, 3.63) is 29.5 Å². The van der Waals surface area contributed by atoms with E-state index in [2.05, 4.69) is 21.9 Å². The van der Waals surface area contributed by atoms with Crippen LogP contribution in [0.1, 0.15) is 49.5 Å². The Balaban J connectivity index is 1.48. The van der Waals surface area contributed by atoms with Crippen LogP contribution in [0.5, 0.6) is 0 Å². The summed E-state index contributed by atoms with van der Waals surface area (Å²) in [6.45, 7) is 3.53. The fourth-order valence-electron chi connectivity index (χ4n) is 3.40. The van der Waals surface area contributed by atoms with E-state index in [0.29, 0.717) is 35.5 Å². The van der Waals surface area contributed by atoms with Crippen molar-refractivity contribution >= 4 is 17.2 Å². The topological polar surface area (TPSA) is 68.2 Å². The van der Waals surface area contributed by atoms with Gasteiger partial charge in [0.05, 0.1) is 12.2 Å². The quantitative estimate of drug-likeness (QED) is 0.777. The summed E-state index contributed by atoms with van der Waals surface area (Å²) in [5, 5.41) is 2.50. The van der Waals surface area contributed by atoms with Crippen LogP contribution in [0.15, 0.2) is 23.8 Å². The highest BCUT2D eigenvalue weighted by atomic mass is 32.1. The van der Waals surface area contributed by atoms with Crippen molar-refractivity contribution in [1.29, 1.82) is 0 Å². The van der Waals surface area contributed by atoms with Crippen LogP contribution in [-0.2, 0) is 4.74 Å². The van der Waals surface area contributed by atoms with Gasteiger partial charge < -0.3 is 9.64 Å². The van der Waals surface area contributed by atoms with Crippen LogP contribution in [0, 0.1) is 5.92 Å². The van der Waals surface area contributed by atoms with E-state index in [1.807, 2.05) is 10.3 Å². The summed E-state index contributed by atoms with van der Waals surface area (Å²) in [5.74, 6) is 1.19. The van der Waals surface area contributed by atoms with Crippen LogP contribution in [0.2, 0.25) is 0 Å². The number of thiazole rings is 1. The zero-order chi connectivity index (χ0) is 17.9. The van der Waals surface area contributed by atoms with E-state index in [0.717, 1.165) is 19.3 Å². The SMILES string of the molecule is CCCC[C@@H]1CN(C(=O)c2csc(-c3ncccn3)n2)C[C@H](C2CC2)O1. The molecule has 7 heteroatoms. The van der Waals surface area contributed by atoms with Crippen LogP contribution < -0.4 is 0 Å². The lowest BCUT2D eigenvalue weighted by Gasteiger charge is -2.38. The Kier molecular flexibility index (Phi) is 5.26. The minimum absolute atomic E-state index is 0.00104. The summed E-state index contributed by atoms with van der Waals surface area (Å²) in [7, 11) is 0. The van der Waals surface area contributed by atoms with Gasteiger partial charge in [0.15, 0.2) is 10.8 Å². The Morgan fingerprint density at radius 1 is 1.31 bits per heavy atom. The van der Waals surface area contributed by atoms with E-state index < -0.39 is 0 Å². The second-order valence-electron chi connectivity index (χ2n) is 7.10. The van der Waals surface area contributed by atoms with Crippen LogP contribution in [0.25, 0.3) is 10.8 Å². The van der Waals surface area contributed by atoms with E-state index in [4.69, 9.17) is 4.74 Å². The summed E-state index contributed by atoms with van der Waals surface area (Å²) >= 11 is 1.41.